The predicted molar refractivity (Wildman–Crippen MR) is 78.4 cm³/mol. The van der Waals surface area contributed by atoms with E-state index in [0.29, 0.717) is 11.1 Å². The fourth-order valence-electron chi connectivity index (χ4n) is 1.61. The fourth-order valence-corrected chi connectivity index (χ4v) is 1.61. The fraction of sp³-hybridized carbons (Fsp3) is 0.143. The molecule has 0 aliphatic rings. The molecule has 0 unspecified atom stereocenters. The topological polar surface area (TPSA) is 68.2 Å². The molecule has 2 N–H and O–H groups in total. The van der Waals surface area contributed by atoms with Gasteiger partial charge in [0.2, 0.25) is 0 Å². The zero-order valence-corrected chi connectivity index (χ0v) is 11.3. The number of aromatic hydroxyl groups is 2. The molecular weight excluding hydrogens is 270 g/mol. The van der Waals surface area contributed by atoms with Gasteiger partial charge >= 0.3 is 15.4 Å². The van der Waals surface area contributed by atoms with E-state index in [4.69, 9.17) is 13.9 Å². The molecule has 0 heterocycles. The molecule has 0 saturated heterocycles. The van der Waals surface area contributed by atoms with Gasteiger partial charge in [-0.15, -0.1) is 0 Å². The molecule has 2 aromatic carbocycles. The van der Waals surface area contributed by atoms with Gasteiger partial charge in [0.05, 0.1) is 13.2 Å². The highest BCUT2D eigenvalue weighted by atomic mass is 16.6. The average molecular weight is 284 g/mol. The van der Waals surface area contributed by atoms with Gasteiger partial charge in [-0.3, -0.25) is 0 Å². The minimum atomic E-state index is 0.172. The first-order valence-corrected chi connectivity index (χ1v) is 6.33. The van der Waals surface area contributed by atoms with Crippen LogP contribution >= 0.6 is 0 Å². The Balaban J connectivity index is 1.57. The highest BCUT2D eigenvalue weighted by molar-refractivity contribution is 6.34. The molecule has 106 valence electrons. The first-order valence-electron chi connectivity index (χ1n) is 6.33. The van der Waals surface area contributed by atoms with E-state index >= 15 is 0 Å². The van der Waals surface area contributed by atoms with Crippen molar-refractivity contribution in [1.29, 1.82) is 0 Å². The lowest BCUT2D eigenvalue weighted by molar-refractivity contribution is 0.237. The van der Waals surface area contributed by atoms with Crippen LogP contribution in [0.4, 0.5) is 0 Å². The average Bonchev–Trinajstić information content (AvgIpc) is 2.50. The molecule has 0 aromatic heterocycles. The summed E-state index contributed by atoms with van der Waals surface area (Å²) in [5.74, 6) is 0.344. The molecule has 21 heavy (non-hydrogen) atoms. The Hall–Kier alpha value is -1.95. The molecule has 0 amide bonds. The maximum atomic E-state index is 9.51. The van der Waals surface area contributed by atoms with Gasteiger partial charge in [0.15, 0.2) is 0 Å². The zero-order chi connectivity index (χ0) is 14.9. The summed E-state index contributed by atoms with van der Waals surface area (Å²) in [4.78, 5) is 0. The van der Waals surface area contributed by atoms with Crippen LogP contribution in [0.15, 0.2) is 48.5 Å². The van der Waals surface area contributed by atoms with Crippen molar-refractivity contribution in [2.45, 2.75) is 13.2 Å². The number of phenolic OH excluding ortho intramolecular Hbond substituents is 2. The third-order valence-electron chi connectivity index (χ3n) is 2.71. The van der Waals surface area contributed by atoms with Crippen molar-refractivity contribution >= 4 is 15.4 Å². The molecule has 0 atom stereocenters. The summed E-state index contributed by atoms with van der Waals surface area (Å²) in [6.45, 7) is 0.389. The number of para-hydroxylation sites is 2. The lowest BCUT2D eigenvalue weighted by atomic mass is 10.2. The van der Waals surface area contributed by atoms with Crippen LogP contribution in [0, 0.1) is 0 Å². The molecule has 7 heteroatoms. The predicted octanol–water partition coefficient (Wildman–Crippen LogP) is 1.92. The molecule has 0 aliphatic heterocycles. The van der Waals surface area contributed by atoms with E-state index in [9.17, 15) is 10.2 Å². The first kappa shape index (κ1) is 15.4. The minimum Gasteiger partial charge on any atom is -0.508 e. The van der Waals surface area contributed by atoms with Crippen molar-refractivity contribution in [3.63, 3.8) is 0 Å². The lowest BCUT2D eigenvalue weighted by Gasteiger charge is -2.06. The van der Waals surface area contributed by atoms with E-state index in [1.807, 2.05) is 0 Å². The Morgan fingerprint density at radius 3 is 1.57 bits per heavy atom. The summed E-state index contributed by atoms with van der Waals surface area (Å²) in [6.07, 6.45) is 0. The standard InChI is InChI=1S/C14H14B2O5/c17-13-7-3-1-5-11(13)9-19-15-21-16-20-10-12-6-2-4-8-14(12)18/h1-8,17-18H,9-10H2. The minimum absolute atomic E-state index is 0.172. The summed E-state index contributed by atoms with van der Waals surface area (Å²) >= 11 is 0. The molecule has 0 fully saturated rings. The Labute approximate surface area is 124 Å². The van der Waals surface area contributed by atoms with Crippen molar-refractivity contribution in [2.24, 2.45) is 0 Å². The number of benzene rings is 2. The van der Waals surface area contributed by atoms with Crippen molar-refractivity contribution < 1.29 is 24.1 Å². The highest BCUT2D eigenvalue weighted by Crippen LogP contribution is 2.16. The Morgan fingerprint density at radius 2 is 1.14 bits per heavy atom. The summed E-state index contributed by atoms with van der Waals surface area (Å²) in [6, 6.07) is 13.8. The second kappa shape index (κ2) is 8.36. The van der Waals surface area contributed by atoms with E-state index in [0.717, 1.165) is 15.4 Å². The van der Waals surface area contributed by atoms with Gasteiger partial charge in [0.1, 0.15) is 11.5 Å². The largest absolute Gasteiger partial charge is 0.508 e. The van der Waals surface area contributed by atoms with Crippen LogP contribution in [-0.4, -0.2) is 25.6 Å². The maximum Gasteiger partial charge on any atom is 0.473 e. The molecule has 0 aliphatic carbocycles. The monoisotopic (exact) mass is 284 g/mol. The van der Waals surface area contributed by atoms with Crippen LogP contribution in [0.2, 0.25) is 0 Å². The van der Waals surface area contributed by atoms with Crippen LogP contribution in [0.3, 0.4) is 0 Å². The van der Waals surface area contributed by atoms with Crippen molar-refractivity contribution in [1.82, 2.24) is 0 Å². The van der Waals surface area contributed by atoms with E-state index in [-0.39, 0.29) is 24.7 Å². The van der Waals surface area contributed by atoms with Gasteiger partial charge in [0.25, 0.3) is 0 Å². The van der Waals surface area contributed by atoms with E-state index < -0.39 is 0 Å². The van der Waals surface area contributed by atoms with Gasteiger partial charge in [0, 0.05) is 11.1 Å². The van der Waals surface area contributed by atoms with Gasteiger partial charge < -0.3 is 24.1 Å². The van der Waals surface area contributed by atoms with Crippen molar-refractivity contribution in [3.8, 4) is 11.5 Å². The van der Waals surface area contributed by atoms with E-state index in [2.05, 4.69) is 0 Å². The number of hydrogen-bond acceptors (Lipinski definition) is 5. The van der Waals surface area contributed by atoms with Gasteiger partial charge in [-0.25, -0.2) is 0 Å². The first-order chi connectivity index (χ1) is 10.3. The van der Waals surface area contributed by atoms with Gasteiger partial charge in [-0.05, 0) is 12.1 Å². The molecule has 5 nitrogen and oxygen atoms in total. The Bertz CT molecular complexity index is 515. The third kappa shape index (κ3) is 5.15. The molecule has 2 rings (SSSR count). The van der Waals surface area contributed by atoms with Crippen LogP contribution in [0.25, 0.3) is 0 Å². The summed E-state index contributed by atoms with van der Waals surface area (Å²) in [7, 11) is 2.22. The summed E-state index contributed by atoms with van der Waals surface area (Å²) < 4.78 is 15.1. The van der Waals surface area contributed by atoms with Gasteiger partial charge in [-0.2, -0.15) is 0 Å². The quantitative estimate of drug-likeness (QED) is 0.572. The van der Waals surface area contributed by atoms with E-state index in [1.165, 1.54) is 0 Å². The summed E-state index contributed by atoms with van der Waals surface area (Å²) in [5, 5.41) is 19.0. The number of hydrogen-bond donors (Lipinski definition) is 2. The molecule has 0 saturated carbocycles. The van der Waals surface area contributed by atoms with Crippen LogP contribution in [-0.2, 0) is 27.1 Å². The van der Waals surface area contributed by atoms with Crippen LogP contribution in [0.1, 0.15) is 11.1 Å². The molecule has 0 bridgehead atoms. The Morgan fingerprint density at radius 1 is 0.714 bits per heavy atom. The van der Waals surface area contributed by atoms with Crippen LogP contribution < -0.4 is 0 Å². The van der Waals surface area contributed by atoms with Crippen LogP contribution in [0.5, 0.6) is 11.5 Å². The highest BCUT2D eigenvalue weighted by Gasteiger charge is 2.04. The number of rotatable bonds is 8. The van der Waals surface area contributed by atoms with Gasteiger partial charge in [-0.1, -0.05) is 36.4 Å². The molecule has 2 aromatic rings. The normalized spacial score (nSPS) is 10.3. The second-order valence-electron chi connectivity index (χ2n) is 4.21. The molecular formula is C14H14B2O5. The smallest absolute Gasteiger partial charge is 0.473 e. The zero-order valence-electron chi connectivity index (χ0n) is 11.3. The second-order valence-corrected chi connectivity index (χ2v) is 4.21. The number of phenols is 2. The van der Waals surface area contributed by atoms with Crippen molar-refractivity contribution in [3.05, 3.63) is 59.7 Å². The lowest BCUT2D eigenvalue weighted by Crippen LogP contribution is -2.11. The summed E-state index contributed by atoms with van der Waals surface area (Å²) in [5.41, 5.74) is 1.32. The third-order valence-corrected chi connectivity index (χ3v) is 2.71. The SMILES string of the molecule is Oc1ccccc1CO[B]O[B]OCc1ccccc1O. The van der Waals surface area contributed by atoms with Crippen molar-refractivity contribution in [2.75, 3.05) is 0 Å². The Kier molecular flexibility index (Phi) is 6.15. The van der Waals surface area contributed by atoms with E-state index in [1.54, 1.807) is 48.5 Å². The molecule has 0 spiro atoms. The molecule has 2 radical (unpaired) electrons. The maximum absolute atomic E-state index is 9.51.